The van der Waals surface area contributed by atoms with E-state index < -0.39 is 5.97 Å². The first-order valence-electron chi connectivity index (χ1n) is 5.02. The van der Waals surface area contributed by atoms with E-state index >= 15 is 0 Å². The average Bonchev–Trinajstić information content (AvgIpc) is 2.33. The molecule has 2 N–H and O–H groups in total. The van der Waals surface area contributed by atoms with Crippen molar-refractivity contribution in [1.82, 2.24) is 10.2 Å². The van der Waals surface area contributed by atoms with Crippen molar-refractivity contribution in [2.75, 3.05) is 0 Å². The van der Waals surface area contributed by atoms with Crippen molar-refractivity contribution in [1.29, 1.82) is 0 Å². The molecule has 5 heteroatoms. The van der Waals surface area contributed by atoms with Crippen LogP contribution in [0.15, 0.2) is 41.2 Å². The molecule has 0 bridgehead atoms. The van der Waals surface area contributed by atoms with Crippen LogP contribution in [0.4, 0.5) is 0 Å². The van der Waals surface area contributed by atoms with Gasteiger partial charge in [0.05, 0.1) is 11.3 Å². The summed E-state index contributed by atoms with van der Waals surface area (Å²) in [6.07, 6.45) is 0.552. The first kappa shape index (κ1) is 11.1. The number of carboxylic acid groups (broad SMARTS) is 1. The van der Waals surface area contributed by atoms with Gasteiger partial charge in [0, 0.05) is 12.5 Å². The molecule has 5 nitrogen and oxygen atoms in total. The molecule has 0 aliphatic heterocycles. The van der Waals surface area contributed by atoms with E-state index in [1.165, 1.54) is 6.07 Å². The summed E-state index contributed by atoms with van der Waals surface area (Å²) in [5, 5.41) is 15.0. The van der Waals surface area contributed by atoms with E-state index in [2.05, 4.69) is 10.2 Å². The Morgan fingerprint density at radius 2 is 1.88 bits per heavy atom. The van der Waals surface area contributed by atoms with Gasteiger partial charge in [0.2, 0.25) is 0 Å². The summed E-state index contributed by atoms with van der Waals surface area (Å²) in [6.45, 7) is 0. The molecule has 1 aromatic carbocycles. The van der Waals surface area contributed by atoms with E-state index in [9.17, 15) is 9.59 Å². The van der Waals surface area contributed by atoms with E-state index in [1.807, 2.05) is 0 Å². The third-order valence-electron chi connectivity index (χ3n) is 2.32. The molecule has 0 aliphatic carbocycles. The number of nitrogens with zero attached hydrogens (tertiary/aromatic N) is 1. The fourth-order valence-electron chi connectivity index (χ4n) is 1.45. The summed E-state index contributed by atoms with van der Waals surface area (Å²) in [5.74, 6) is -0.946. The minimum atomic E-state index is -0.946. The molecule has 0 spiro atoms. The number of hydrogen-bond acceptors (Lipinski definition) is 3. The quantitative estimate of drug-likeness (QED) is 0.825. The van der Waals surface area contributed by atoms with Gasteiger partial charge in [0.25, 0.3) is 5.56 Å². The van der Waals surface area contributed by atoms with Crippen LogP contribution in [-0.2, 0) is 6.42 Å². The lowest BCUT2D eigenvalue weighted by Gasteiger charge is -2.01. The van der Waals surface area contributed by atoms with Crippen LogP contribution in [-0.4, -0.2) is 21.3 Å². The highest BCUT2D eigenvalue weighted by Gasteiger charge is 2.02. The predicted octanol–water partition coefficient (Wildman–Crippen LogP) is 1.06. The molecule has 0 radical (unpaired) electrons. The Kier molecular flexibility index (Phi) is 3.00. The Balaban J connectivity index is 2.16. The van der Waals surface area contributed by atoms with E-state index in [-0.39, 0.29) is 11.1 Å². The highest BCUT2D eigenvalue weighted by molar-refractivity contribution is 5.87. The minimum Gasteiger partial charge on any atom is -0.478 e. The van der Waals surface area contributed by atoms with Gasteiger partial charge in [-0.05, 0) is 23.8 Å². The third kappa shape index (κ3) is 2.78. The van der Waals surface area contributed by atoms with Crippen molar-refractivity contribution in [2.24, 2.45) is 0 Å². The van der Waals surface area contributed by atoms with Crippen molar-refractivity contribution in [3.05, 3.63) is 63.6 Å². The summed E-state index contributed by atoms with van der Waals surface area (Å²) < 4.78 is 0. The standard InChI is InChI=1S/C12H10N2O3/c15-11-6-5-10(13-14-11)7-8-1-3-9(4-2-8)12(16)17/h1-6H,7H2,(H,14,15)(H,16,17). The van der Waals surface area contributed by atoms with Crippen LogP contribution in [0.2, 0.25) is 0 Å². The van der Waals surface area contributed by atoms with E-state index in [0.717, 1.165) is 11.3 Å². The van der Waals surface area contributed by atoms with Gasteiger partial charge in [-0.3, -0.25) is 4.79 Å². The summed E-state index contributed by atoms with van der Waals surface area (Å²) in [6, 6.07) is 9.61. The van der Waals surface area contributed by atoms with Gasteiger partial charge in [0.15, 0.2) is 0 Å². The molecule has 2 aromatic rings. The summed E-state index contributed by atoms with van der Waals surface area (Å²) in [7, 11) is 0. The molecule has 0 saturated carbocycles. The second kappa shape index (κ2) is 4.61. The van der Waals surface area contributed by atoms with Gasteiger partial charge in [-0.15, -0.1) is 0 Å². The third-order valence-corrected chi connectivity index (χ3v) is 2.32. The molecular formula is C12H10N2O3. The SMILES string of the molecule is O=C(O)c1ccc(Cc2ccc(=O)[nH]n2)cc1. The Labute approximate surface area is 96.7 Å². The van der Waals surface area contributed by atoms with E-state index in [0.29, 0.717) is 6.42 Å². The normalized spacial score (nSPS) is 10.1. The second-order valence-electron chi connectivity index (χ2n) is 3.59. The molecule has 86 valence electrons. The van der Waals surface area contributed by atoms with Gasteiger partial charge >= 0.3 is 5.97 Å². The summed E-state index contributed by atoms with van der Waals surface area (Å²) >= 11 is 0. The first-order chi connectivity index (χ1) is 8.15. The van der Waals surface area contributed by atoms with Crippen LogP contribution in [0.25, 0.3) is 0 Å². The Morgan fingerprint density at radius 3 is 2.41 bits per heavy atom. The minimum absolute atomic E-state index is 0.241. The molecule has 1 heterocycles. The maximum absolute atomic E-state index is 10.8. The molecule has 1 aromatic heterocycles. The topological polar surface area (TPSA) is 83.0 Å². The smallest absolute Gasteiger partial charge is 0.335 e. The number of nitrogens with one attached hydrogen (secondary N) is 1. The van der Waals surface area contributed by atoms with Crippen molar-refractivity contribution in [3.63, 3.8) is 0 Å². The van der Waals surface area contributed by atoms with Crippen LogP contribution >= 0.6 is 0 Å². The molecule has 0 unspecified atom stereocenters. The van der Waals surface area contributed by atoms with Crippen molar-refractivity contribution >= 4 is 5.97 Å². The number of rotatable bonds is 3. The maximum atomic E-state index is 10.8. The highest BCUT2D eigenvalue weighted by Crippen LogP contribution is 2.08. The number of aromatic amines is 1. The van der Waals surface area contributed by atoms with Gasteiger partial charge in [-0.1, -0.05) is 12.1 Å². The maximum Gasteiger partial charge on any atom is 0.335 e. The zero-order valence-corrected chi connectivity index (χ0v) is 8.88. The van der Waals surface area contributed by atoms with Gasteiger partial charge < -0.3 is 5.11 Å². The molecule has 0 fully saturated rings. The van der Waals surface area contributed by atoms with Crippen LogP contribution in [0.1, 0.15) is 21.6 Å². The second-order valence-corrected chi connectivity index (χ2v) is 3.59. The lowest BCUT2D eigenvalue weighted by atomic mass is 10.1. The van der Waals surface area contributed by atoms with E-state index in [4.69, 9.17) is 5.11 Å². The highest BCUT2D eigenvalue weighted by atomic mass is 16.4. The van der Waals surface area contributed by atoms with Gasteiger partial charge in [-0.25, -0.2) is 9.89 Å². The number of aromatic carboxylic acids is 1. The van der Waals surface area contributed by atoms with Gasteiger partial charge in [-0.2, -0.15) is 5.10 Å². The van der Waals surface area contributed by atoms with Crippen LogP contribution in [0.5, 0.6) is 0 Å². The zero-order chi connectivity index (χ0) is 12.3. The number of carboxylic acids is 1. The summed E-state index contributed by atoms with van der Waals surface area (Å²) in [5.41, 5.74) is 1.68. The molecular weight excluding hydrogens is 220 g/mol. The monoisotopic (exact) mass is 230 g/mol. The Hall–Kier alpha value is -2.43. The molecule has 0 amide bonds. The number of benzene rings is 1. The number of aromatic nitrogens is 2. The number of H-pyrrole nitrogens is 1. The van der Waals surface area contributed by atoms with Crippen molar-refractivity contribution in [2.45, 2.75) is 6.42 Å². The average molecular weight is 230 g/mol. The Morgan fingerprint density at radius 1 is 1.18 bits per heavy atom. The fraction of sp³-hybridized carbons (Fsp3) is 0.0833. The molecule has 0 saturated heterocycles. The molecule has 17 heavy (non-hydrogen) atoms. The van der Waals surface area contributed by atoms with Crippen LogP contribution in [0, 0.1) is 0 Å². The van der Waals surface area contributed by atoms with Gasteiger partial charge in [0.1, 0.15) is 0 Å². The van der Waals surface area contributed by atoms with Crippen LogP contribution in [0.3, 0.4) is 0 Å². The van der Waals surface area contributed by atoms with Crippen molar-refractivity contribution in [3.8, 4) is 0 Å². The lowest BCUT2D eigenvalue weighted by Crippen LogP contribution is -2.07. The number of hydrogen-bond donors (Lipinski definition) is 2. The molecule has 2 rings (SSSR count). The molecule has 0 aliphatic rings. The molecule has 0 atom stereocenters. The van der Waals surface area contributed by atoms with Crippen molar-refractivity contribution < 1.29 is 9.90 Å². The zero-order valence-electron chi connectivity index (χ0n) is 8.88. The fourth-order valence-corrected chi connectivity index (χ4v) is 1.45. The predicted molar refractivity (Wildman–Crippen MR) is 61.1 cm³/mol. The Bertz CT molecular complexity index is 567. The summed E-state index contributed by atoms with van der Waals surface area (Å²) in [4.78, 5) is 21.5. The van der Waals surface area contributed by atoms with Crippen LogP contribution < -0.4 is 5.56 Å². The van der Waals surface area contributed by atoms with E-state index in [1.54, 1.807) is 30.3 Å². The lowest BCUT2D eigenvalue weighted by molar-refractivity contribution is 0.0697. The first-order valence-corrected chi connectivity index (χ1v) is 5.02. The number of carbonyl (C=O) groups is 1. The largest absolute Gasteiger partial charge is 0.478 e.